The number of imidazole rings is 1. The Balaban J connectivity index is 2.09. The number of amides is 1. The standard InChI is InChI=1S/C13H16N4OS2/c1-2-17-10-6-4-3-5-9(10)15-12(17)16-13(19)20-8-7-11(14)18/h3-6H,2,7-8H2,1H3,(H2,14,18)(H,15,16,19). The van der Waals surface area contributed by atoms with Crippen molar-refractivity contribution < 1.29 is 4.79 Å². The van der Waals surface area contributed by atoms with Crippen LogP contribution in [0, 0.1) is 0 Å². The van der Waals surface area contributed by atoms with Gasteiger partial charge in [-0.15, -0.1) is 0 Å². The number of nitrogens with zero attached hydrogens (tertiary/aromatic N) is 2. The van der Waals surface area contributed by atoms with Gasteiger partial charge in [-0.1, -0.05) is 36.1 Å². The van der Waals surface area contributed by atoms with E-state index in [-0.39, 0.29) is 5.91 Å². The number of carbonyl (C=O) groups excluding carboxylic acids is 1. The Morgan fingerprint density at radius 2 is 2.25 bits per heavy atom. The number of primary amides is 1. The maximum absolute atomic E-state index is 10.7. The van der Waals surface area contributed by atoms with E-state index in [9.17, 15) is 4.79 Å². The van der Waals surface area contributed by atoms with Crippen molar-refractivity contribution in [2.75, 3.05) is 11.1 Å². The number of hydrogen-bond acceptors (Lipinski definition) is 4. The number of aryl methyl sites for hydroxylation is 1. The number of nitrogens with two attached hydrogens (primary N) is 1. The zero-order chi connectivity index (χ0) is 14.5. The molecule has 0 saturated heterocycles. The molecule has 0 spiro atoms. The van der Waals surface area contributed by atoms with Crippen LogP contribution in [0.3, 0.4) is 0 Å². The summed E-state index contributed by atoms with van der Waals surface area (Å²) in [7, 11) is 0. The zero-order valence-electron chi connectivity index (χ0n) is 11.1. The lowest BCUT2D eigenvalue weighted by molar-refractivity contribution is -0.117. The number of nitrogens with one attached hydrogen (secondary N) is 1. The number of rotatable bonds is 5. The average Bonchev–Trinajstić information content (AvgIpc) is 2.75. The molecule has 5 nitrogen and oxygen atoms in total. The monoisotopic (exact) mass is 308 g/mol. The highest BCUT2D eigenvalue weighted by atomic mass is 32.2. The molecule has 0 aliphatic carbocycles. The van der Waals surface area contributed by atoms with Crippen LogP contribution in [-0.4, -0.2) is 25.5 Å². The summed E-state index contributed by atoms with van der Waals surface area (Å²) in [6.45, 7) is 2.86. The summed E-state index contributed by atoms with van der Waals surface area (Å²) >= 11 is 6.64. The van der Waals surface area contributed by atoms with Gasteiger partial charge in [0.05, 0.1) is 11.0 Å². The molecule has 0 saturated carbocycles. The molecule has 0 atom stereocenters. The SMILES string of the molecule is CCn1c(NC(=S)SCCC(N)=O)nc2ccccc21. The second-order valence-corrected chi connectivity index (χ2v) is 5.92. The van der Waals surface area contributed by atoms with Gasteiger partial charge in [0.1, 0.15) is 4.32 Å². The van der Waals surface area contributed by atoms with Crippen LogP contribution in [0.4, 0.5) is 5.95 Å². The predicted molar refractivity (Wildman–Crippen MR) is 87.9 cm³/mol. The third-order valence-electron chi connectivity index (χ3n) is 2.77. The maximum Gasteiger partial charge on any atom is 0.218 e. The highest BCUT2D eigenvalue weighted by molar-refractivity contribution is 8.23. The zero-order valence-corrected chi connectivity index (χ0v) is 12.8. The van der Waals surface area contributed by atoms with Gasteiger partial charge in [-0.25, -0.2) is 4.98 Å². The number of anilines is 1. The summed E-state index contributed by atoms with van der Waals surface area (Å²) in [6, 6.07) is 7.94. The van der Waals surface area contributed by atoms with Gasteiger partial charge < -0.3 is 15.6 Å². The first-order valence-electron chi connectivity index (χ1n) is 6.29. The molecule has 0 bridgehead atoms. The van der Waals surface area contributed by atoms with E-state index in [0.717, 1.165) is 23.5 Å². The molecule has 1 aromatic heterocycles. The van der Waals surface area contributed by atoms with Crippen molar-refractivity contribution in [3.63, 3.8) is 0 Å². The third-order valence-corrected chi connectivity index (χ3v) is 3.99. The Morgan fingerprint density at radius 1 is 1.50 bits per heavy atom. The number of para-hydroxylation sites is 2. The first-order chi connectivity index (χ1) is 9.61. The first-order valence-corrected chi connectivity index (χ1v) is 7.68. The van der Waals surface area contributed by atoms with Crippen molar-refractivity contribution >= 4 is 51.2 Å². The van der Waals surface area contributed by atoms with Crippen LogP contribution in [0.2, 0.25) is 0 Å². The number of fused-ring (bicyclic) bond motifs is 1. The molecule has 2 rings (SSSR count). The van der Waals surface area contributed by atoms with Crippen molar-refractivity contribution in [3.8, 4) is 0 Å². The molecule has 106 valence electrons. The number of benzene rings is 1. The minimum absolute atomic E-state index is 0.316. The van der Waals surface area contributed by atoms with Crippen LogP contribution in [0.25, 0.3) is 11.0 Å². The van der Waals surface area contributed by atoms with Crippen LogP contribution >= 0.6 is 24.0 Å². The van der Waals surface area contributed by atoms with Gasteiger partial charge in [0, 0.05) is 18.7 Å². The van der Waals surface area contributed by atoms with Gasteiger partial charge in [-0.3, -0.25) is 4.79 Å². The third kappa shape index (κ3) is 3.49. The summed E-state index contributed by atoms with van der Waals surface area (Å²) in [5, 5.41) is 3.12. The van der Waals surface area contributed by atoms with Crippen molar-refractivity contribution in [2.45, 2.75) is 19.9 Å². The normalized spacial score (nSPS) is 10.7. The minimum Gasteiger partial charge on any atom is -0.370 e. The van der Waals surface area contributed by atoms with Crippen LogP contribution in [-0.2, 0) is 11.3 Å². The van der Waals surface area contributed by atoms with E-state index in [0.29, 0.717) is 16.5 Å². The number of thiocarbonyl (C=S) groups is 1. The summed E-state index contributed by atoms with van der Waals surface area (Å²) in [5.41, 5.74) is 7.10. The molecule has 0 aliphatic rings. The van der Waals surface area contributed by atoms with Crippen molar-refractivity contribution in [2.24, 2.45) is 5.73 Å². The molecule has 1 heterocycles. The van der Waals surface area contributed by atoms with Crippen molar-refractivity contribution in [1.82, 2.24) is 9.55 Å². The van der Waals surface area contributed by atoms with Gasteiger partial charge in [-0.2, -0.15) is 0 Å². The van der Waals surface area contributed by atoms with E-state index in [4.69, 9.17) is 18.0 Å². The molecule has 0 unspecified atom stereocenters. The van der Waals surface area contributed by atoms with E-state index in [1.165, 1.54) is 11.8 Å². The molecule has 0 aliphatic heterocycles. The Hall–Kier alpha value is -1.60. The maximum atomic E-state index is 10.7. The van der Waals surface area contributed by atoms with Crippen LogP contribution in [0.1, 0.15) is 13.3 Å². The number of hydrogen-bond donors (Lipinski definition) is 2. The van der Waals surface area contributed by atoms with Crippen LogP contribution in [0.15, 0.2) is 24.3 Å². The fourth-order valence-electron chi connectivity index (χ4n) is 1.86. The highest BCUT2D eigenvalue weighted by Crippen LogP contribution is 2.20. The molecule has 1 amide bonds. The Labute approximate surface area is 126 Å². The predicted octanol–water partition coefficient (Wildman–Crippen LogP) is 2.36. The first kappa shape index (κ1) is 14.8. The van der Waals surface area contributed by atoms with E-state index < -0.39 is 0 Å². The Kier molecular flexibility index (Phi) is 4.97. The Bertz CT molecular complexity index is 638. The lowest BCUT2D eigenvalue weighted by Gasteiger charge is -2.08. The second-order valence-electron chi connectivity index (χ2n) is 4.15. The van der Waals surface area contributed by atoms with Crippen LogP contribution < -0.4 is 11.1 Å². The topological polar surface area (TPSA) is 72.9 Å². The molecule has 0 radical (unpaired) electrons. The van der Waals surface area contributed by atoms with Crippen LogP contribution in [0.5, 0.6) is 0 Å². The van der Waals surface area contributed by atoms with Gasteiger partial charge in [0.25, 0.3) is 0 Å². The van der Waals surface area contributed by atoms with Gasteiger partial charge in [0.15, 0.2) is 0 Å². The molecule has 1 aromatic carbocycles. The lowest BCUT2D eigenvalue weighted by atomic mass is 10.3. The van der Waals surface area contributed by atoms with Gasteiger partial charge >= 0.3 is 0 Å². The molecular weight excluding hydrogens is 292 g/mol. The summed E-state index contributed by atoms with van der Waals surface area (Å²) < 4.78 is 2.66. The minimum atomic E-state index is -0.318. The summed E-state index contributed by atoms with van der Waals surface area (Å²) in [4.78, 5) is 15.2. The molecule has 7 heteroatoms. The van der Waals surface area contributed by atoms with Gasteiger partial charge in [0.2, 0.25) is 11.9 Å². The van der Waals surface area contributed by atoms with E-state index in [1.807, 2.05) is 24.3 Å². The molecular formula is C13H16N4OS2. The van der Waals surface area contributed by atoms with E-state index >= 15 is 0 Å². The van der Waals surface area contributed by atoms with Crippen molar-refractivity contribution in [1.29, 1.82) is 0 Å². The lowest BCUT2D eigenvalue weighted by Crippen LogP contribution is -2.14. The largest absolute Gasteiger partial charge is 0.370 e. The summed E-state index contributed by atoms with van der Waals surface area (Å²) in [5.74, 6) is 0.986. The average molecular weight is 308 g/mol. The number of aromatic nitrogens is 2. The fraction of sp³-hybridized carbons (Fsp3) is 0.308. The fourth-order valence-corrected chi connectivity index (χ4v) is 2.86. The number of carbonyl (C=O) groups is 1. The van der Waals surface area contributed by atoms with E-state index in [2.05, 4.69) is 21.8 Å². The highest BCUT2D eigenvalue weighted by Gasteiger charge is 2.10. The van der Waals surface area contributed by atoms with E-state index in [1.54, 1.807) is 0 Å². The number of thioether (sulfide) groups is 1. The summed E-state index contributed by atoms with van der Waals surface area (Å²) in [6.07, 6.45) is 0.316. The van der Waals surface area contributed by atoms with Gasteiger partial charge in [-0.05, 0) is 19.1 Å². The molecule has 3 N–H and O–H groups in total. The molecule has 0 fully saturated rings. The van der Waals surface area contributed by atoms with Crippen molar-refractivity contribution in [3.05, 3.63) is 24.3 Å². The molecule has 20 heavy (non-hydrogen) atoms. The molecule has 2 aromatic rings. The Morgan fingerprint density at radius 3 is 2.95 bits per heavy atom. The quantitative estimate of drug-likeness (QED) is 0.830. The second kappa shape index (κ2) is 6.71. The smallest absolute Gasteiger partial charge is 0.218 e.